The van der Waals surface area contributed by atoms with Crippen molar-refractivity contribution in [2.75, 3.05) is 27.5 Å². The zero-order valence-electron chi connectivity index (χ0n) is 25.0. The number of nitrogens with zero attached hydrogens (tertiary/aromatic N) is 3. The molecule has 0 aliphatic carbocycles. The molecule has 4 heterocycles. The number of phenols is 1. The molecule has 1 unspecified atom stereocenters. The van der Waals surface area contributed by atoms with Crippen LogP contribution in [0, 0.1) is 18.3 Å². The summed E-state index contributed by atoms with van der Waals surface area (Å²) in [7, 11) is 3.64. The molecule has 9 heteroatoms. The third kappa shape index (κ3) is 4.87. The van der Waals surface area contributed by atoms with Gasteiger partial charge in [0.05, 0.1) is 25.3 Å². The fraction of sp³-hybridized carbons (Fsp3) is 0.562. The highest BCUT2D eigenvalue weighted by molar-refractivity contribution is 5.76. The van der Waals surface area contributed by atoms with E-state index in [1.54, 1.807) is 13.4 Å². The third-order valence-electron chi connectivity index (χ3n) is 9.35. The molecule has 5 atom stereocenters. The quantitative estimate of drug-likeness (QED) is 0.481. The van der Waals surface area contributed by atoms with E-state index >= 15 is 0 Å². The number of nitrogens with one attached hydrogen (secondary N) is 1. The fourth-order valence-electron chi connectivity index (χ4n) is 7.32. The van der Waals surface area contributed by atoms with Crippen molar-refractivity contribution in [1.29, 1.82) is 5.26 Å². The molecule has 1 fully saturated rings. The van der Waals surface area contributed by atoms with Crippen molar-refractivity contribution < 1.29 is 24.1 Å². The number of piperazine rings is 1. The number of nitriles is 1. The Balaban J connectivity index is 1.69. The zero-order valence-corrected chi connectivity index (χ0v) is 25.0. The number of allylic oxidation sites excluding steroid dienone is 2. The van der Waals surface area contributed by atoms with Crippen molar-refractivity contribution >= 4 is 5.91 Å². The number of carbonyl (C=O) groups excluding carboxylic acids is 1. The smallest absolute Gasteiger partial charge is 0.230 e. The molecule has 2 N–H and O–H groups in total. The maximum absolute atomic E-state index is 12.9. The lowest BCUT2D eigenvalue weighted by Crippen LogP contribution is -2.70. The summed E-state index contributed by atoms with van der Waals surface area (Å²) in [5.41, 5.74) is 5.99. The first-order chi connectivity index (χ1) is 19.8. The van der Waals surface area contributed by atoms with E-state index < -0.39 is 6.04 Å². The first kappa shape index (κ1) is 29.0. The maximum Gasteiger partial charge on any atom is 0.230 e. The summed E-state index contributed by atoms with van der Waals surface area (Å²) in [4.78, 5) is 17.4. The summed E-state index contributed by atoms with van der Waals surface area (Å²) in [5, 5.41) is 25.5. The number of amides is 1. The predicted molar refractivity (Wildman–Crippen MR) is 155 cm³/mol. The van der Waals surface area contributed by atoms with Gasteiger partial charge in [-0.15, -0.1) is 0 Å². The minimum absolute atomic E-state index is 0.00114. The fourth-order valence-corrected chi connectivity index (χ4v) is 7.32. The molecule has 0 aromatic heterocycles. The molecule has 2 bridgehead atoms. The second kappa shape index (κ2) is 11.8. The molecule has 0 radical (unpaired) electrons. The summed E-state index contributed by atoms with van der Waals surface area (Å²) < 4.78 is 17.1. The second-order valence-electron chi connectivity index (χ2n) is 11.5. The minimum Gasteiger partial charge on any atom is -0.504 e. The van der Waals surface area contributed by atoms with Gasteiger partial charge in [0, 0.05) is 36.2 Å². The average molecular weight is 563 g/mol. The number of ether oxygens (including phenoxy) is 3. The van der Waals surface area contributed by atoms with Gasteiger partial charge in [0.2, 0.25) is 12.7 Å². The zero-order chi connectivity index (χ0) is 29.4. The van der Waals surface area contributed by atoms with Gasteiger partial charge in [-0.25, -0.2) is 0 Å². The van der Waals surface area contributed by atoms with Crippen LogP contribution in [0.2, 0.25) is 0 Å². The molecule has 1 aromatic carbocycles. The lowest BCUT2D eigenvalue weighted by atomic mass is 9.71. The molecule has 1 amide bonds. The van der Waals surface area contributed by atoms with Crippen LogP contribution < -0.4 is 10.1 Å². The van der Waals surface area contributed by atoms with Crippen molar-refractivity contribution in [2.24, 2.45) is 0 Å². The summed E-state index contributed by atoms with van der Waals surface area (Å²) in [6.45, 7) is 8.60. The van der Waals surface area contributed by atoms with Crippen LogP contribution in [0.25, 0.3) is 0 Å². The number of hydrogen-bond donors (Lipinski definition) is 2. The number of phenolic OH excluding ortho intramolecular Hbond substituents is 1. The van der Waals surface area contributed by atoms with Gasteiger partial charge in [-0.2, -0.15) is 5.26 Å². The molecule has 4 aliphatic heterocycles. The number of fused-ring (bicyclic) bond motifs is 6. The van der Waals surface area contributed by atoms with Gasteiger partial charge < -0.3 is 24.6 Å². The van der Waals surface area contributed by atoms with Gasteiger partial charge in [0.1, 0.15) is 12.3 Å². The number of unbranched alkanes of at least 4 members (excludes halogenated alkanes) is 1. The molecule has 1 saturated heterocycles. The number of carbonyl (C=O) groups is 1. The Morgan fingerprint density at radius 3 is 2.76 bits per heavy atom. The van der Waals surface area contributed by atoms with E-state index in [1.165, 1.54) is 0 Å². The molecule has 4 aliphatic rings. The van der Waals surface area contributed by atoms with Crippen molar-refractivity contribution in [2.45, 2.75) is 90.0 Å². The van der Waals surface area contributed by atoms with Gasteiger partial charge in [0.15, 0.2) is 17.3 Å². The molecule has 0 saturated carbocycles. The van der Waals surface area contributed by atoms with Gasteiger partial charge in [-0.1, -0.05) is 31.1 Å². The number of benzene rings is 1. The number of rotatable bonds is 8. The molecule has 41 heavy (non-hydrogen) atoms. The first-order valence-electron chi connectivity index (χ1n) is 14.6. The standard InChI is InChI=1S/C32H42N4O5/c1-7-9-10-27(37)34-15-25-29(26-16-40-17-41-26)21(18(3)8-2)13-23-30-28-20(11-19(4)32(39-6)31(28)38)12-22(35(30)5)24(14-33)36(23)25/h8,11,16,22-25,30,38H,7,9-10,12-13,15,17H2,1-6H3,(H,34,37)/b18-8+/t22-,23?,24-,25-,30-/m0/s1. The minimum atomic E-state index is -0.443. The first-order valence-corrected chi connectivity index (χ1v) is 14.6. The van der Waals surface area contributed by atoms with Crippen molar-refractivity contribution in [3.63, 3.8) is 0 Å². The highest BCUT2D eigenvalue weighted by Gasteiger charge is 2.56. The maximum atomic E-state index is 12.9. The van der Waals surface area contributed by atoms with E-state index in [0.717, 1.165) is 46.3 Å². The topological polar surface area (TPSA) is 107 Å². The number of aryl methyl sites for hydroxylation is 1. The lowest BCUT2D eigenvalue weighted by molar-refractivity contribution is -0.122. The normalized spacial score (nSPS) is 27.7. The van der Waals surface area contributed by atoms with Gasteiger partial charge in [0.25, 0.3) is 0 Å². The Bertz CT molecular complexity index is 1340. The van der Waals surface area contributed by atoms with E-state index in [9.17, 15) is 15.2 Å². The average Bonchev–Trinajstić information content (AvgIpc) is 3.49. The summed E-state index contributed by atoms with van der Waals surface area (Å²) in [6, 6.07) is 3.56. The van der Waals surface area contributed by atoms with Crippen LogP contribution in [0.3, 0.4) is 0 Å². The molecule has 1 aromatic rings. The SMILES string of the molecule is C/C=C(\C)C1=C(C2=COCO2)[C@H](CNC(=O)CCCC)N2C(C1)[C@H]1c3c(cc(C)c(OC)c3O)C[C@@H]([C@@H]2C#N)N1C. The van der Waals surface area contributed by atoms with Crippen molar-refractivity contribution in [3.8, 4) is 17.6 Å². The summed E-state index contributed by atoms with van der Waals surface area (Å²) >= 11 is 0. The number of likely N-dealkylation sites (N-methyl/N-ethyl adjacent to an activating group) is 1. The third-order valence-corrected chi connectivity index (χ3v) is 9.35. The van der Waals surface area contributed by atoms with Crippen molar-refractivity contribution in [1.82, 2.24) is 15.1 Å². The van der Waals surface area contributed by atoms with E-state index in [0.29, 0.717) is 37.3 Å². The summed E-state index contributed by atoms with van der Waals surface area (Å²) in [6.07, 6.45) is 7.23. The van der Waals surface area contributed by atoms with E-state index in [-0.39, 0.29) is 42.6 Å². The Kier molecular flexibility index (Phi) is 8.35. The van der Waals surface area contributed by atoms with E-state index in [2.05, 4.69) is 54.2 Å². The Morgan fingerprint density at radius 1 is 1.34 bits per heavy atom. The largest absolute Gasteiger partial charge is 0.504 e. The highest BCUT2D eigenvalue weighted by atomic mass is 16.7. The molecule has 0 spiro atoms. The molecule has 220 valence electrons. The monoisotopic (exact) mass is 562 g/mol. The summed E-state index contributed by atoms with van der Waals surface area (Å²) in [5.74, 6) is 1.31. The van der Waals surface area contributed by atoms with Crippen LogP contribution >= 0.6 is 0 Å². The number of aromatic hydroxyl groups is 1. The van der Waals surface area contributed by atoms with Crippen LogP contribution in [0.15, 0.2) is 40.9 Å². The van der Waals surface area contributed by atoms with E-state index in [1.807, 2.05) is 13.8 Å². The number of methoxy groups -OCH3 is 1. The van der Waals surface area contributed by atoms with Gasteiger partial charge >= 0.3 is 0 Å². The molecule has 5 rings (SSSR count). The van der Waals surface area contributed by atoms with Crippen molar-refractivity contribution in [3.05, 3.63) is 57.6 Å². The van der Waals surface area contributed by atoms with Crippen LogP contribution in [0.4, 0.5) is 0 Å². The predicted octanol–water partition coefficient (Wildman–Crippen LogP) is 4.37. The van der Waals surface area contributed by atoms with Crippen LogP contribution in [0.5, 0.6) is 11.5 Å². The van der Waals surface area contributed by atoms with Crippen LogP contribution in [-0.2, 0) is 20.7 Å². The molecular weight excluding hydrogens is 520 g/mol. The van der Waals surface area contributed by atoms with E-state index in [4.69, 9.17) is 14.2 Å². The lowest BCUT2D eigenvalue weighted by Gasteiger charge is -2.60. The highest BCUT2D eigenvalue weighted by Crippen LogP contribution is 2.54. The molecule has 9 nitrogen and oxygen atoms in total. The Labute approximate surface area is 243 Å². The van der Waals surface area contributed by atoms with Crippen LogP contribution in [-0.4, -0.2) is 72.5 Å². The molecular formula is C32H42N4O5. The van der Waals surface area contributed by atoms with Gasteiger partial charge in [-0.05, 0) is 63.8 Å². The van der Waals surface area contributed by atoms with Gasteiger partial charge in [-0.3, -0.25) is 14.6 Å². The Hall–Kier alpha value is -3.48. The number of hydrogen-bond acceptors (Lipinski definition) is 8. The second-order valence-corrected chi connectivity index (χ2v) is 11.5. The van der Waals surface area contributed by atoms with Crippen LogP contribution in [0.1, 0.15) is 69.2 Å². The Morgan fingerprint density at radius 2 is 2.12 bits per heavy atom.